The van der Waals surface area contributed by atoms with Crippen molar-refractivity contribution in [1.82, 2.24) is 5.32 Å². The van der Waals surface area contributed by atoms with Crippen molar-refractivity contribution < 1.29 is 0 Å². The van der Waals surface area contributed by atoms with E-state index in [1.54, 1.807) is 0 Å². The predicted octanol–water partition coefficient (Wildman–Crippen LogP) is 3.20. The van der Waals surface area contributed by atoms with Crippen molar-refractivity contribution in [1.29, 1.82) is 0 Å². The summed E-state index contributed by atoms with van der Waals surface area (Å²) in [5.41, 5.74) is 0. The molecule has 1 aliphatic carbocycles. The largest absolute Gasteiger partial charge is 0.317 e. The van der Waals surface area contributed by atoms with E-state index in [1.165, 1.54) is 32.1 Å². The lowest BCUT2D eigenvalue weighted by Gasteiger charge is -2.27. The fraction of sp³-hybridized carbons (Fsp3) is 1.00. The monoisotopic (exact) mass is 171 g/mol. The Morgan fingerprint density at radius 2 is 1.58 bits per heavy atom. The molecule has 0 aromatic heterocycles. The third-order valence-electron chi connectivity index (χ3n) is 2.81. The van der Waals surface area contributed by atoms with Gasteiger partial charge in [0, 0.05) is 6.04 Å². The van der Waals surface area contributed by atoms with Gasteiger partial charge in [-0.1, -0.05) is 33.1 Å². The third-order valence-corrected chi connectivity index (χ3v) is 2.81. The zero-order valence-electron chi connectivity index (χ0n) is 9.19. The number of hydrogen-bond donors (Lipinski definition) is 1. The smallest absolute Gasteiger partial charge is 0.00639 e. The molecule has 1 saturated carbocycles. The third kappa shape index (κ3) is 4.10. The van der Waals surface area contributed by atoms with Gasteiger partial charge in [0.2, 0.25) is 0 Å². The van der Waals surface area contributed by atoms with Crippen LogP contribution in [0.25, 0.3) is 0 Å². The molecule has 0 amide bonds. The topological polar surface area (TPSA) is 12.0 Å². The van der Waals surface area contributed by atoms with Crippen molar-refractivity contribution in [3.8, 4) is 0 Å². The Kier molecular flexibility index (Phi) is 7.58. The minimum absolute atomic E-state index is 0.736. The van der Waals surface area contributed by atoms with E-state index in [2.05, 4.69) is 19.3 Å². The highest BCUT2D eigenvalue weighted by Crippen LogP contribution is 2.25. The van der Waals surface area contributed by atoms with Gasteiger partial charge in [0.1, 0.15) is 0 Å². The first-order valence-corrected chi connectivity index (χ1v) is 5.52. The Bertz CT molecular complexity index is 85.0. The molecule has 1 rings (SSSR count). The van der Waals surface area contributed by atoms with Crippen LogP contribution in [0.5, 0.6) is 0 Å². The van der Waals surface area contributed by atoms with Crippen LogP contribution in [-0.4, -0.2) is 13.1 Å². The Morgan fingerprint density at radius 3 is 2.00 bits per heavy atom. The molecule has 1 fully saturated rings. The first-order chi connectivity index (χ1) is 5.84. The quantitative estimate of drug-likeness (QED) is 0.673. The van der Waals surface area contributed by atoms with Crippen LogP contribution in [0, 0.1) is 5.92 Å². The molecule has 1 unspecified atom stereocenters. The highest BCUT2D eigenvalue weighted by atomic mass is 14.9. The summed E-state index contributed by atoms with van der Waals surface area (Å²) in [6.45, 7) is 6.30. The van der Waals surface area contributed by atoms with Gasteiger partial charge < -0.3 is 5.32 Å². The predicted molar refractivity (Wildman–Crippen MR) is 56.4 cm³/mol. The molecule has 74 valence electrons. The maximum absolute atomic E-state index is 3.33. The zero-order chi connectivity index (χ0) is 9.40. The number of hydrogen-bond acceptors (Lipinski definition) is 1. The van der Waals surface area contributed by atoms with E-state index >= 15 is 0 Å². The summed E-state index contributed by atoms with van der Waals surface area (Å²) >= 11 is 0. The Morgan fingerprint density at radius 1 is 1.08 bits per heavy atom. The van der Waals surface area contributed by atoms with Crippen LogP contribution in [0.1, 0.15) is 52.9 Å². The first-order valence-electron chi connectivity index (χ1n) is 5.52. The highest BCUT2D eigenvalue weighted by Gasteiger charge is 2.17. The van der Waals surface area contributed by atoms with Crippen molar-refractivity contribution in [3.63, 3.8) is 0 Å². The molecular formula is C11H25N. The van der Waals surface area contributed by atoms with Crippen molar-refractivity contribution in [2.24, 2.45) is 5.92 Å². The molecule has 0 aromatic carbocycles. The first kappa shape index (κ1) is 12.0. The van der Waals surface area contributed by atoms with Gasteiger partial charge >= 0.3 is 0 Å². The molecule has 1 atom stereocenters. The molecule has 0 bridgehead atoms. The molecule has 1 nitrogen and oxygen atoms in total. The second kappa shape index (κ2) is 7.60. The summed E-state index contributed by atoms with van der Waals surface area (Å²) in [5, 5.41) is 3.33. The molecule has 0 heterocycles. The van der Waals surface area contributed by atoms with Gasteiger partial charge in [-0.15, -0.1) is 0 Å². The molecule has 12 heavy (non-hydrogen) atoms. The van der Waals surface area contributed by atoms with E-state index in [-0.39, 0.29) is 0 Å². The van der Waals surface area contributed by atoms with E-state index in [4.69, 9.17) is 0 Å². The van der Waals surface area contributed by atoms with Crippen molar-refractivity contribution >= 4 is 0 Å². The summed E-state index contributed by atoms with van der Waals surface area (Å²) in [6, 6.07) is 0.736. The van der Waals surface area contributed by atoms with Gasteiger partial charge in [-0.25, -0.2) is 0 Å². The van der Waals surface area contributed by atoms with E-state index in [9.17, 15) is 0 Å². The zero-order valence-corrected chi connectivity index (χ0v) is 9.19. The highest BCUT2D eigenvalue weighted by molar-refractivity contribution is 4.74. The molecule has 0 radical (unpaired) electrons. The van der Waals surface area contributed by atoms with Crippen molar-refractivity contribution in [2.75, 3.05) is 7.05 Å². The minimum Gasteiger partial charge on any atom is -0.317 e. The van der Waals surface area contributed by atoms with E-state index in [0.717, 1.165) is 12.0 Å². The van der Waals surface area contributed by atoms with Crippen molar-refractivity contribution in [2.45, 2.75) is 58.9 Å². The summed E-state index contributed by atoms with van der Waals surface area (Å²) in [7, 11) is 2.07. The Hall–Kier alpha value is -0.0400. The van der Waals surface area contributed by atoms with E-state index in [1.807, 2.05) is 13.8 Å². The van der Waals surface area contributed by atoms with Crippen LogP contribution in [0.4, 0.5) is 0 Å². The fourth-order valence-electron chi connectivity index (χ4n) is 1.87. The van der Waals surface area contributed by atoms with Gasteiger partial charge in [-0.2, -0.15) is 0 Å². The summed E-state index contributed by atoms with van der Waals surface area (Å²) in [6.07, 6.45) is 7.27. The normalized spacial score (nSPS) is 21.0. The number of rotatable bonds is 2. The van der Waals surface area contributed by atoms with Crippen LogP contribution >= 0.6 is 0 Å². The van der Waals surface area contributed by atoms with Gasteiger partial charge in [-0.3, -0.25) is 0 Å². The lowest BCUT2D eigenvalue weighted by molar-refractivity contribution is 0.291. The van der Waals surface area contributed by atoms with Crippen LogP contribution in [0.3, 0.4) is 0 Å². The van der Waals surface area contributed by atoms with Crippen LogP contribution in [-0.2, 0) is 0 Å². The fourth-order valence-corrected chi connectivity index (χ4v) is 1.87. The average Bonchev–Trinajstić information content (AvgIpc) is 2.21. The van der Waals surface area contributed by atoms with Crippen molar-refractivity contribution in [3.05, 3.63) is 0 Å². The Labute approximate surface area is 77.9 Å². The second-order valence-corrected chi connectivity index (χ2v) is 3.48. The van der Waals surface area contributed by atoms with Crippen LogP contribution in [0.2, 0.25) is 0 Å². The lowest BCUT2D eigenvalue weighted by Crippen LogP contribution is -2.31. The molecule has 0 spiro atoms. The molecule has 0 aliphatic heterocycles. The van der Waals surface area contributed by atoms with E-state index in [0.29, 0.717) is 0 Å². The molecule has 1 heteroatoms. The lowest BCUT2D eigenvalue weighted by atomic mass is 9.85. The SMILES string of the molecule is CC.CNC(C)C1CCCCC1. The number of nitrogens with one attached hydrogen (secondary N) is 1. The molecule has 1 N–H and O–H groups in total. The van der Waals surface area contributed by atoms with Gasteiger partial charge in [-0.05, 0) is 32.7 Å². The molecule has 1 aliphatic rings. The second-order valence-electron chi connectivity index (χ2n) is 3.48. The Balaban J connectivity index is 0.000000561. The van der Waals surface area contributed by atoms with Gasteiger partial charge in [0.05, 0.1) is 0 Å². The maximum Gasteiger partial charge on any atom is 0.00639 e. The summed E-state index contributed by atoms with van der Waals surface area (Å²) in [4.78, 5) is 0. The molecular weight excluding hydrogens is 146 g/mol. The van der Waals surface area contributed by atoms with Crippen LogP contribution < -0.4 is 5.32 Å². The van der Waals surface area contributed by atoms with Gasteiger partial charge in [0.15, 0.2) is 0 Å². The van der Waals surface area contributed by atoms with Gasteiger partial charge in [0.25, 0.3) is 0 Å². The summed E-state index contributed by atoms with van der Waals surface area (Å²) in [5.74, 6) is 0.957. The summed E-state index contributed by atoms with van der Waals surface area (Å²) < 4.78 is 0. The van der Waals surface area contributed by atoms with E-state index < -0.39 is 0 Å². The minimum atomic E-state index is 0.736. The molecule has 0 saturated heterocycles. The molecule has 0 aromatic rings. The standard InChI is InChI=1S/C9H19N.C2H6/c1-8(10-2)9-6-4-3-5-7-9;1-2/h8-10H,3-7H2,1-2H3;1-2H3. The maximum atomic E-state index is 3.33. The average molecular weight is 171 g/mol. The van der Waals surface area contributed by atoms with Crippen LogP contribution in [0.15, 0.2) is 0 Å².